The van der Waals surface area contributed by atoms with Gasteiger partial charge in [-0.1, -0.05) is 61.7 Å². The van der Waals surface area contributed by atoms with Crippen LogP contribution in [-0.2, 0) is 25.6 Å². The highest BCUT2D eigenvalue weighted by Crippen LogP contribution is 2.39. The van der Waals surface area contributed by atoms with Crippen molar-refractivity contribution in [3.63, 3.8) is 0 Å². The summed E-state index contributed by atoms with van der Waals surface area (Å²) in [6, 6.07) is 12.4. The smallest absolute Gasteiger partial charge is 0.328 e. The molecule has 1 N–H and O–H groups in total. The molecule has 2 aromatic carbocycles. The Morgan fingerprint density at radius 2 is 1.56 bits per heavy atom. The summed E-state index contributed by atoms with van der Waals surface area (Å²) < 4.78 is 16.0. The Balaban J connectivity index is 1.81. The maximum Gasteiger partial charge on any atom is 0.328 e. The predicted molar refractivity (Wildman–Crippen MR) is 138 cm³/mol. The molecule has 2 aromatic rings. The Bertz CT molecular complexity index is 1050. The number of oxime groups is 1. The second-order valence-corrected chi connectivity index (χ2v) is 9.23. The highest BCUT2D eigenvalue weighted by Gasteiger charge is 2.38. The third-order valence-electron chi connectivity index (χ3n) is 6.83. The molecular weight excluding hydrogens is 460 g/mol. The van der Waals surface area contributed by atoms with Gasteiger partial charge < -0.3 is 24.4 Å². The van der Waals surface area contributed by atoms with Crippen LogP contribution in [0.25, 0.3) is 11.1 Å². The number of carbonyl (C=O) groups is 2. The highest BCUT2D eigenvalue weighted by atomic mass is 16.6. The van der Waals surface area contributed by atoms with E-state index in [1.165, 1.54) is 14.2 Å². The Morgan fingerprint density at radius 3 is 2.08 bits per heavy atom. The van der Waals surface area contributed by atoms with E-state index >= 15 is 0 Å². The maximum absolute atomic E-state index is 13.3. The fourth-order valence-corrected chi connectivity index (χ4v) is 4.83. The van der Waals surface area contributed by atoms with Crippen molar-refractivity contribution in [2.45, 2.75) is 51.5 Å². The lowest BCUT2D eigenvalue weighted by atomic mass is 9.72. The van der Waals surface area contributed by atoms with Gasteiger partial charge in [0.15, 0.2) is 5.71 Å². The van der Waals surface area contributed by atoms with Crippen LogP contribution in [0.1, 0.15) is 44.6 Å². The second-order valence-electron chi connectivity index (χ2n) is 9.23. The molecule has 1 saturated carbocycles. The summed E-state index contributed by atoms with van der Waals surface area (Å²) in [6.45, 7) is 2.03. The lowest BCUT2D eigenvalue weighted by Crippen LogP contribution is -2.50. The minimum absolute atomic E-state index is 0.263. The molecule has 1 atom stereocenters. The van der Waals surface area contributed by atoms with Crippen molar-refractivity contribution in [3.8, 4) is 22.6 Å². The van der Waals surface area contributed by atoms with E-state index in [9.17, 15) is 9.59 Å². The number of nitrogens with one attached hydrogen (secondary N) is 1. The van der Waals surface area contributed by atoms with Gasteiger partial charge in [-0.3, -0.25) is 4.79 Å². The van der Waals surface area contributed by atoms with Gasteiger partial charge in [-0.15, -0.1) is 0 Å². The average Bonchev–Trinajstić information content (AvgIpc) is 2.91. The molecule has 0 aliphatic heterocycles. The van der Waals surface area contributed by atoms with Gasteiger partial charge >= 0.3 is 5.97 Å². The SMILES string of the molecule is CON=C(C(=O)N[C@@H](Cc1ccc(-c2c(OC)cccc2OC)cc1)C(=O)OC)C1(C)CCCCC1. The first-order valence-electron chi connectivity index (χ1n) is 12.2. The van der Waals surface area contributed by atoms with Crippen molar-refractivity contribution >= 4 is 17.6 Å². The quantitative estimate of drug-likeness (QED) is 0.295. The topological polar surface area (TPSA) is 95.5 Å². The normalized spacial score (nSPS) is 16.0. The summed E-state index contributed by atoms with van der Waals surface area (Å²) in [4.78, 5) is 30.9. The fraction of sp³-hybridized carbons (Fsp3) is 0.464. The van der Waals surface area contributed by atoms with Crippen LogP contribution in [0.5, 0.6) is 11.5 Å². The number of hydrogen-bond donors (Lipinski definition) is 1. The summed E-state index contributed by atoms with van der Waals surface area (Å²) in [7, 11) is 5.97. The molecule has 0 bridgehead atoms. The minimum atomic E-state index is -0.872. The number of benzene rings is 2. The molecule has 3 rings (SSSR count). The lowest BCUT2D eigenvalue weighted by molar-refractivity contribution is -0.144. The van der Waals surface area contributed by atoms with Gasteiger partial charge in [0.1, 0.15) is 24.7 Å². The van der Waals surface area contributed by atoms with E-state index in [1.807, 2.05) is 49.4 Å². The van der Waals surface area contributed by atoms with Crippen LogP contribution in [0.3, 0.4) is 0 Å². The van der Waals surface area contributed by atoms with Crippen molar-refractivity contribution in [2.24, 2.45) is 10.6 Å². The molecule has 194 valence electrons. The van der Waals surface area contributed by atoms with Gasteiger partial charge in [0.25, 0.3) is 5.91 Å². The first-order chi connectivity index (χ1) is 17.4. The first kappa shape index (κ1) is 27.0. The van der Waals surface area contributed by atoms with Crippen molar-refractivity contribution < 1.29 is 28.6 Å². The van der Waals surface area contributed by atoms with E-state index < -0.39 is 23.3 Å². The molecule has 0 aromatic heterocycles. The summed E-state index contributed by atoms with van der Waals surface area (Å²) >= 11 is 0. The Kier molecular flexibility index (Phi) is 9.33. The minimum Gasteiger partial charge on any atom is -0.496 e. The van der Waals surface area contributed by atoms with Crippen LogP contribution in [0.2, 0.25) is 0 Å². The molecule has 1 aliphatic rings. The van der Waals surface area contributed by atoms with Crippen molar-refractivity contribution in [1.29, 1.82) is 0 Å². The molecule has 0 spiro atoms. The molecular formula is C28H36N2O6. The van der Waals surface area contributed by atoms with Gasteiger partial charge in [0.05, 0.1) is 26.9 Å². The molecule has 1 aliphatic carbocycles. The third-order valence-corrected chi connectivity index (χ3v) is 6.83. The number of esters is 1. The van der Waals surface area contributed by atoms with Crippen LogP contribution < -0.4 is 14.8 Å². The van der Waals surface area contributed by atoms with Crippen LogP contribution in [0.4, 0.5) is 0 Å². The Hall–Kier alpha value is -3.55. The van der Waals surface area contributed by atoms with Crippen molar-refractivity contribution in [2.75, 3.05) is 28.4 Å². The molecule has 8 nitrogen and oxygen atoms in total. The first-order valence-corrected chi connectivity index (χ1v) is 12.2. The zero-order chi connectivity index (χ0) is 26.1. The zero-order valence-corrected chi connectivity index (χ0v) is 21.8. The molecule has 1 amide bonds. The van der Waals surface area contributed by atoms with Crippen LogP contribution in [0.15, 0.2) is 47.6 Å². The summed E-state index contributed by atoms with van der Waals surface area (Å²) in [6.07, 6.45) is 5.14. The predicted octanol–water partition coefficient (Wildman–Crippen LogP) is 4.54. The molecule has 0 heterocycles. The molecule has 1 fully saturated rings. The summed E-state index contributed by atoms with van der Waals surface area (Å²) in [5, 5.41) is 6.91. The standard InChI is InChI=1S/C28H36N2O6/c1-28(16-7-6-8-17-28)25(30-36-5)26(31)29-21(27(32)35-4)18-19-12-14-20(15-13-19)24-22(33-2)10-9-11-23(24)34-3/h9-15,21H,6-8,16-18H2,1-5H3,(H,29,31)/t21-/m0/s1. The number of ether oxygens (including phenoxy) is 3. The van der Waals surface area contributed by atoms with Crippen LogP contribution in [0, 0.1) is 5.41 Å². The lowest BCUT2D eigenvalue weighted by Gasteiger charge is -2.33. The van der Waals surface area contributed by atoms with E-state index in [1.54, 1.807) is 14.2 Å². The molecule has 36 heavy (non-hydrogen) atoms. The number of hydrogen-bond acceptors (Lipinski definition) is 7. The van der Waals surface area contributed by atoms with Gasteiger partial charge in [-0.25, -0.2) is 4.79 Å². The number of rotatable bonds is 10. The van der Waals surface area contributed by atoms with E-state index in [0.717, 1.165) is 48.8 Å². The average molecular weight is 497 g/mol. The summed E-state index contributed by atoms with van der Waals surface area (Å²) in [5.74, 6) is 0.461. The number of amides is 1. The molecule has 0 unspecified atom stereocenters. The van der Waals surface area contributed by atoms with E-state index in [4.69, 9.17) is 19.0 Å². The van der Waals surface area contributed by atoms with Crippen LogP contribution >= 0.6 is 0 Å². The van der Waals surface area contributed by atoms with E-state index in [-0.39, 0.29) is 6.42 Å². The fourth-order valence-electron chi connectivity index (χ4n) is 4.83. The molecule has 0 saturated heterocycles. The third kappa shape index (κ3) is 6.17. The number of carbonyl (C=O) groups excluding carboxylic acids is 2. The van der Waals surface area contributed by atoms with Crippen molar-refractivity contribution in [1.82, 2.24) is 5.32 Å². The maximum atomic E-state index is 13.3. The highest BCUT2D eigenvalue weighted by molar-refractivity contribution is 6.41. The van der Waals surface area contributed by atoms with Crippen LogP contribution in [-0.4, -0.2) is 52.1 Å². The van der Waals surface area contributed by atoms with Crippen molar-refractivity contribution in [3.05, 3.63) is 48.0 Å². The van der Waals surface area contributed by atoms with E-state index in [2.05, 4.69) is 10.5 Å². The summed E-state index contributed by atoms with van der Waals surface area (Å²) in [5.41, 5.74) is 2.53. The second kappa shape index (κ2) is 12.4. The number of methoxy groups -OCH3 is 3. The van der Waals surface area contributed by atoms with Gasteiger partial charge in [-0.2, -0.15) is 0 Å². The van der Waals surface area contributed by atoms with E-state index in [0.29, 0.717) is 17.2 Å². The van der Waals surface area contributed by atoms with Gasteiger partial charge in [0.2, 0.25) is 0 Å². The Morgan fingerprint density at radius 1 is 0.944 bits per heavy atom. The van der Waals surface area contributed by atoms with Gasteiger partial charge in [0, 0.05) is 11.8 Å². The Labute approximate surface area is 212 Å². The van der Waals surface area contributed by atoms with Gasteiger partial charge in [-0.05, 0) is 36.1 Å². The monoisotopic (exact) mass is 496 g/mol. The zero-order valence-electron chi connectivity index (χ0n) is 21.8. The molecule has 0 radical (unpaired) electrons. The largest absolute Gasteiger partial charge is 0.496 e. The molecule has 8 heteroatoms. The number of nitrogens with zero attached hydrogens (tertiary/aromatic N) is 1.